The van der Waals surface area contributed by atoms with Crippen LogP contribution in [0.15, 0.2) is 12.0 Å². The summed E-state index contributed by atoms with van der Waals surface area (Å²) in [5.41, 5.74) is 0. The summed E-state index contributed by atoms with van der Waals surface area (Å²) in [6, 6.07) is 0. The van der Waals surface area contributed by atoms with E-state index in [4.69, 9.17) is 9.29 Å². The maximum atomic E-state index is 9.33. The van der Waals surface area contributed by atoms with Gasteiger partial charge in [0, 0.05) is 13.6 Å². The predicted octanol–water partition coefficient (Wildman–Crippen LogP) is 0.245. The Morgan fingerprint density at radius 3 is 2.14 bits per heavy atom. The number of methoxy groups -OCH3 is 1. The van der Waals surface area contributed by atoms with E-state index < -0.39 is 10.4 Å². The van der Waals surface area contributed by atoms with E-state index in [1.54, 1.807) is 7.11 Å². The Balaban J connectivity index is 0.000000255. The third kappa shape index (κ3) is 5.79. The first kappa shape index (κ1) is 13.2. The molecule has 1 aliphatic rings. The molecule has 0 aromatic heterocycles. The van der Waals surface area contributed by atoms with Crippen molar-refractivity contribution < 1.29 is 21.9 Å². The van der Waals surface area contributed by atoms with Crippen molar-refractivity contribution >= 4 is 10.4 Å². The minimum Gasteiger partial charge on any atom is -0.483 e. The molecule has 0 saturated carbocycles. The molecule has 0 aromatic carbocycles. The van der Waals surface area contributed by atoms with Crippen molar-refractivity contribution in [3.8, 4) is 0 Å². The molecule has 0 amide bonds. The van der Waals surface area contributed by atoms with Crippen LogP contribution in [0.2, 0.25) is 0 Å². The zero-order valence-corrected chi connectivity index (χ0v) is 9.24. The Kier molecular flexibility index (Phi) is 5.51. The Morgan fingerprint density at radius 2 is 2.00 bits per heavy atom. The molecule has 0 aliphatic carbocycles. The lowest BCUT2D eigenvalue weighted by Crippen LogP contribution is -2.13. The molecule has 0 atom stereocenters. The first-order valence-electron chi connectivity index (χ1n) is 3.89. The molecule has 1 heterocycles. The molecule has 1 aliphatic heterocycles. The van der Waals surface area contributed by atoms with E-state index in [1.165, 1.54) is 0 Å². The fraction of sp³-hybridized carbons (Fsp3) is 0.714. The summed E-state index contributed by atoms with van der Waals surface area (Å²) in [6.45, 7) is 1.10. The van der Waals surface area contributed by atoms with E-state index >= 15 is 0 Å². The SMILES string of the molecule is COC1=CCCN1C.COS(=O)(=O)O. The second kappa shape index (κ2) is 5.84. The fourth-order valence-corrected chi connectivity index (χ4v) is 0.887. The van der Waals surface area contributed by atoms with Crippen LogP contribution in [0.1, 0.15) is 6.42 Å². The third-order valence-corrected chi connectivity index (χ3v) is 2.00. The zero-order chi connectivity index (χ0) is 11.2. The van der Waals surface area contributed by atoms with Gasteiger partial charge in [0.15, 0.2) is 5.88 Å². The van der Waals surface area contributed by atoms with Crippen molar-refractivity contribution in [2.24, 2.45) is 0 Å². The first-order valence-corrected chi connectivity index (χ1v) is 5.25. The number of nitrogens with zero attached hydrogens (tertiary/aromatic N) is 1. The molecule has 0 radical (unpaired) electrons. The maximum Gasteiger partial charge on any atom is 0.397 e. The van der Waals surface area contributed by atoms with E-state index in [9.17, 15) is 8.42 Å². The maximum absolute atomic E-state index is 9.33. The number of ether oxygens (including phenoxy) is 1. The summed E-state index contributed by atoms with van der Waals surface area (Å²) in [4.78, 5) is 2.10. The monoisotopic (exact) mass is 225 g/mol. The predicted molar refractivity (Wildman–Crippen MR) is 50.9 cm³/mol. The summed E-state index contributed by atoms with van der Waals surface area (Å²) in [7, 11) is 0.440. The Morgan fingerprint density at radius 1 is 1.50 bits per heavy atom. The van der Waals surface area contributed by atoms with Crippen LogP contribution in [0.3, 0.4) is 0 Å². The highest BCUT2D eigenvalue weighted by Gasteiger charge is 2.08. The van der Waals surface area contributed by atoms with Gasteiger partial charge in [-0.25, -0.2) is 0 Å². The highest BCUT2D eigenvalue weighted by molar-refractivity contribution is 7.80. The van der Waals surface area contributed by atoms with E-state index in [0.717, 1.165) is 26.0 Å². The van der Waals surface area contributed by atoms with Gasteiger partial charge in [0.05, 0.1) is 14.2 Å². The molecule has 0 spiro atoms. The second-order valence-electron chi connectivity index (χ2n) is 2.55. The average molecular weight is 225 g/mol. The summed E-state index contributed by atoms with van der Waals surface area (Å²) in [5.74, 6) is 1.00. The van der Waals surface area contributed by atoms with Crippen LogP contribution in [0.25, 0.3) is 0 Å². The van der Waals surface area contributed by atoms with Gasteiger partial charge < -0.3 is 9.64 Å². The van der Waals surface area contributed by atoms with Gasteiger partial charge in [-0.3, -0.25) is 8.74 Å². The summed E-state index contributed by atoms with van der Waals surface area (Å²) >= 11 is 0. The van der Waals surface area contributed by atoms with Gasteiger partial charge >= 0.3 is 10.4 Å². The topological polar surface area (TPSA) is 76.1 Å². The van der Waals surface area contributed by atoms with Crippen LogP contribution in [0, 0.1) is 0 Å². The number of hydrogen-bond acceptors (Lipinski definition) is 5. The molecular formula is C7H15NO5S. The second-order valence-corrected chi connectivity index (χ2v) is 3.74. The van der Waals surface area contributed by atoms with Gasteiger partial charge in [0.1, 0.15) is 0 Å². The first-order chi connectivity index (χ1) is 6.40. The van der Waals surface area contributed by atoms with Crippen LogP contribution < -0.4 is 0 Å². The minimum atomic E-state index is -4.16. The Hall–Kier alpha value is -0.790. The Labute approximate surface area is 84.1 Å². The largest absolute Gasteiger partial charge is 0.483 e. The highest BCUT2D eigenvalue weighted by Crippen LogP contribution is 2.10. The molecule has 0 bridgehead atoms. The lowest BCUT2D eigenvalue weighted by Gasteiger charge is -2.12. The average Bonchev–Trinajstić information content (AvgIpc) is 2.51. The van der Waals surface area contributed by atoms with Crippen molar-refractivity contribution in [1.29, 1.82) is 0 Å². The molecule has 1 rings (SSSR count). The lowest BCUT2D eigenvalue weighted by atomic mass is 10.5. The van der Waals surface area contributed by atoms with Crippen LogP contribution in [0.4, 0.5) is 0 Å². The van der Waals surface area contributed by atoms with Gasteiger partial charge in [-0.1, -0.05) is 0 Å². The van der Waals surface area contributed by atoms with Gasteiger partial charge in [-0.2, -0.15) is 8.42 Å². The van der Waals surface area contributed by atoms with Gasteiger partial charge in [0.25, 0.3) is 0 Å². The van der Waals surface area contributed by atoms with Crippen LogP contribution >= 0.6 is 0 Å². The van der Waals surface area contributed by atoms with Gasteiger partial charge in [0.2, 0.25) is 0 Å². The normalized spacial score (nSPS) is 15.7. The number of hydrogen-bond donors (Lipinski definition) is 1. The van der Waals surface area contributed by atoms with Crippen molar-refractivity contribution in [2.45, 2.75) is 6.42 Å². The lowest BCUT2D eigenvalue weighted by molar-refractivity contribution is 0.191. The van der Waals surface area contributed by atoms with E-state index in [-0.39, 0.29) is 0 Å². The smallest absolute Gasteiger partial charge is 0.397 e. The van der Waals surface area contributed by atoms with E-state index in [1.807, 2.05) is 7.05 Å². The zero-order valence-electron chi connectivity index (χ0n) is 8.43. The summed E-state index contributed by atoms with van der Waals surface area (Å²) in [5, 5.41) is 0. The Bertz CT molecular complexity index is 284. The molecule has 7 heteroatoms. The fourth-order valence-electron chi connectivity index (χ4n) is 0.887. The third-order valence-electron chi connectivity index (χ3n) is 1.58. The van der Waals surface area contributed by atoms with E-state index in [0.29, 0.717) is 0 Å². The molecule has 84 valence electrons. The standard InChI is InChI=1S/C6H11NO.CH4O4S/c1-7-5-3-4-6(7)8-2;1-5-6(2,3)4/h4H,3,5H2,1-2H3;1H3,(H,2,3,4). The van der Waals surface area contributed by atoms with Gasteiger partial charge in [-0.15, -0.1) is 0 Å². The molecule has 0 unspecified atom stereocenters. The van der Waals surface area contributed by atoms with Crippen molar-refractivity contribution in [1.82, 2.24) is 4.90 Å². The molecule has 0 aromatic rings. The molecule has 6 nitrogen and oxygen atoms in total. The van der Waals surface area contributed by atoms with E-state index in [2.05, 4.69) is 15.2 Å². The van der Waals surface area contributed by atoms with Crippen LogP contribution in [-0.2, 0) is 19.3 Å². The highest BCUT2D eigenvalue weighted by atomic mass is 32.3. The molecule has 14 heavy (non-hydrogen) atoms. The number of rotatable bonds is 2. The molecule has 0 fully saturated rings. The quantitative estimate of drug-likeness (QED) is 0.679. The summed E-state index contributed by atoms with van der Waals surface area (Å²) in [6.07, 6.45) is 3.22. The molecule has 1 N–H and O–H groups in total. The van der Waals surface area contributed by atoms with Gasteiger partial charge in [-0.05, 0) is 12.5 Å². The van der Waals surface area contributed by atoms with Crippen LogP contribution in [-0.4, -0.2) is 45.7 Å². The van der Waals surface area contributed by atoms with Crippen molar-refractivity contribution in [3.05, 3.63) is 12.0 Å². The van der Waals surface area contributed by atoms with Crippen molar-refractivity contribution in [2.75, 3.05) is 27.8 Å². The summed E-state index contributed by atoms with van der Waals surface area (Å²) < 4.78 is 34.7. The molecular weight excluding hydrogens is 210 g/mol. The van der Waals surface area contributed by atoms with Crippen LogP contribution in [0.5, 0.6) is 0 Å². The molecule has 0 saturated heterocycles. The van der Waals surface area contributed by atoms with Crippen molar-refractivity contribution in [3.63, 3.8) is 0 Å². The minimum absolute atomic E-state index is 0.870.